The van der Waals surface area contributed by atoms with E-state index in [4.69, 9.17) is 19.7 Å². The Hall–Kier alpha value is -19.6. The van der Waals surface area contributed by atoms with Gasteiger partial charge in [-0.25, -0.2) is 19.8 Å². The van der Waals surface area contributed by atoms with Crippen LogP contribution in [-0.2, 0) is 6.42 Å². The Morgan fingerprint density at radius 3 is 1.18 bits per heavy atom. The van der Waals surface area contributed by atoms with Gasteiger partial charge in [-0.05, 0) is 217 Å². The second-order valence-electron chi connectivity index (χ2n) is 32.8. The Morgan fingerprint density at radius 2 is 0.637 bits per heavy atom. The van der Waals surface area contributed by atoms with Crippen molar-refractivity contribution in [1.82, 2.24) is 34.1 Å². The van der Waals surface area contributed by atoms with Gasteiger partial charge in [-0.3, -0.25) is 0 Å². The van der Waals surface area contributed by atoms with E-state index in [0.717, 1.165) is 40.5 Å². The maximum absolute atomic E-state index is 9.32. The summed E-state index contributed by atoms with van der Waals surface area (Å²) in [5, 5.41) is 35.7. The SMILES string of the molecule is [C-]#[N+]c1cc2c3nc(C#N)c(C#N)nc3c3nc(C#N)c([N+]#[C-])nc3c2nc1[N+]#[C-].c1ccc(-c2ccc(N(c3ccc(-c4ccccc4)cc3)c3ccc(-c4ccc(N(c5ccccc5)c5cccc6ccccc56)cc4)cc3)cc2)cc1.c1ccc(-n2c3ccccc3c3cc(-c4ccc5c(c4)c4ccccc4n5-c4ccc(-c5cccc6c5Cc5ccccc5-6)cc4)ccc32)cc1. The molecule has 1 aliphatic rings. The minimum Gasteiger partial charge on any atom is -0.371 e. The van der Waals surface area contributed by atoms with Crippen molar-refractivity contribution < 1.29 is 0 Å². The number of hydrogen-bond donors (Lipinski definition) is 0. The lowest BCUT2D eigenvalue weighted by Gasteiger charge is -2.27. The van der Waals surface area contributed by atoms with Crippen LogP contribution in [0.4, 0.5) is 51.4 Å². The molecule has 5 heterocycles. The standard InChI is InChI=1S/C52H38N2.C49H32N2.C19HN11/c1-4-13-39(14-5-1)41-23-31-47(32-24-41)53(48-33-25-42(26-34-48)40-15-6-2-7-16-40)49-35-27-43(28-36-49)44-29-37-50(38-30-44)54(46-19-8-3-9-20-46)52-22-12-18-45-17-10-11-21-51(45)52;1-2-12-36(13-3-1)50-46-19-8-6-15-41(46)44-29-33(23-27-48(44)50)34-24-28-49-45(30-34)42-16-7-9-20-47(42)51(49)37-25-21-32(22-26-37)38-17-10-18-40-39-14-5-4-11-35(39)31-43(38)40;1-23-9-4-8-13-15(27-11(6-21)10(5-20)26-13)17-16(14(8)29-18(9)24-2)30-19(25-3)12(7-22)28-17/h1-38H;1-30H,31H2;4H. The van der Waals surface area contributed by atoms with Crippen molar-refractivity contribution in [3.05, 3.63) is 481 Å². The van der Waals surface area contributed by atoms with Gasteiger partial charge >= 0.3 is 5.82 Å². The number of hydrogen-bond acceptors (Lipinski definition) is 10. The van der Waals surface area contributed by atoms with Gasteiger partial charge in [-0.1, -0.05) is 304 Å². The van der Waals surface area contributed by atoms with Gasteiger partial charge < -0.3 is 28.6 Å². The minimum absolute atomic E-state index is 0.0360. The minimum atomic E-state index is -0.270. The molecular weight excluding hydrogens is 1650 g/mol. The maximum Gasteiger partial charge on any atom is 0.307 e. The quantitative estimate of drug-likeness (QED) is 0.0801. The molecule has 0 atom stereocenters. The Bertz CT molecular complexity index is 8480. The number of aromatic nitrogens is 7. The van der Waals surface area contributed by atoms with Crippen LogP contribution in [0.3, 0.4) is 0 Å². The first kappa shape index (κ1) is 81.2. The van der Waals surface area contributed by atoms with E-state index in [9.17, 15) is 15.8 Å². The molecule has 0 radical (unpaired) electrons. The Morgan fingerprint density at radius 1 is 0.259 bits per heavy atom. The highest BCUT2D eigenvalue weighted by molar-refractivity contribution is 6.21. The van der Waals surface area contributed by atoms with Crippen molar-refractivity contribution in [3.8, 4) is 96.3 Å². The predicted octanol–water partition coefficient (Wildman–Crippen LogP) is 31.0. The van der Waals surface area contributed by atoms with E-state index in [0.29, 0.717) is 0 Å². The van der Waals surface area contributed by atoms with Gasteiger partial charge in [-0.15, -0.1) is 9.97 Å². The van der Waals surface area contributed by atoms with Crippen molar-refractivity contribution in [2.45, 2.75) is 6.42 Å². The summed E-state index contributed by atoms with van der Waals surface area (Å²) < 4.78 is 4.79. The molecule has 18 aromatic carbocycles. The summed E-state index contributed by atoms with van der Waals surface area (Å²) >= 11 is 0. The number of para-hydroxylation sites is 4. The fraction of sp³-hybridized carbons (Fsp3) is 0.00833. The zero-order chi connectivity index (χ0) is 91.0. The van der Waals surface area contributed by atoms with E-state index in [-0.39, 0.29) is 67.4 Å². The molecule has 15 nitrogen and oxygen atoms in total. The number of anilines is 6. The molecule has 23 aromatic rings. The Kier molecular flexibility index (Phi) is 21.0. The number of pyridine rings is 1. The third kappa shape index (κ3) is 14.8. The zero-order valence-electron chi connectivity index (χ0n) is 72.3. The average molecular weight is 1720 g/mol. The number of benzene rings is 18. The monoisotopic (exact) mass is 1720 g/mol. The third-order valence-corrected chi connectivity index (χ3v) is 25.2. The van der Waals surface area contributed by atoms with Crippen LogP contribution >= 0.6 is 0 Å². The van der Waals surface area contributed by atoms with E-state index in [2.05, 4.69) is 471 Å². The smallest absolute Gasteiger partial charge is 0.307 e. The first-order valence-corrected chi connectivity index (χ1v) is 44.0. The van der Waals surface area contributed by atoms with Crippen LogP contribution in [0, 0.1) is 53.7 Å². The van der Waals surface area contributed by atoms with Gasteiger partial charge in [0.15, 0.2) is 17.1 Å². The summed E-state index contributed by atoms with van der Waals surface area (Å²) in [5.74, 6) is -0.455. The molecule has 0 fully saturated rings. The number of nitriles is 3. The maximum atomic E-state index is 9.32. The summed E-state index contributed by atoms with van der Waals surface area (Å²) in [6, 6.07) is 156. The van der Waals surface area contributed by atoms with E-state index in [1.807, 2.05) is 0 Å². The first-order chi connectivity index (χ1) is 66.7. The molecule has 0 saturated carbocycles. The van der Waals surface area contributed by atoms with Crippen molar-refractivity contribution in [2.75, 3.05) is 9.80 Å². The van der Waals surface area contributed by atoms with Crippen LogP contribution in [0.2, 0.25) is 0 Å². The van der Waals surface area contributed by atoms with E-state index in [1.54, 1.807) is 18.2 Å². The highest BCUT2D eigenvalue weighted by Gasteiger charge is 2.28. The number of fused-ring (bicyclic) bond motifs is 16. The lowest BCUT2D eigenvalue weighted by atomic mass is 9.95. The van der Waals surface area contributed by atoms with Crippen LogP contribution in [0.15, 0.2) is 419 Å². The van der Waals surface area contributed by atoms with Crippen molar-refractivity contribution >= 4 is 139 Å². The highest BCUT2D eigenvalue weighted by Crippen LogP contribution is 2.47. The highest BCUT2D eigenvalue weighted by atomic mass is 15.2. The second-order valence-corrected chi connectivity index (χ2v) is 32.8. The lowest BCUT2D eigenvalue weighted by molar-refractivity contribution is 1.18. The zero-order valence-corrected chi connectivity index (χ0v) is 72.3. The largest absolute Gasteiger partial charge is 0.371 e. The van der Waals surface area contributed by atoms with Gasteiger partial charge in [0.2, 0.25) is 16.7 Å². The molecule has 0 aliphatic heterocycles. The van der Waals surface area contributed by atoms with Crippen molar-refractivity contribution in [3.63, 3.8) is 0 Å². The summed E-state index contributed by atoms with van der Waals surface area (Å²) in [5.41, 5.74) is 31.3. The van der Waals surface area contributed by atoms with Gasteiger partial charge in [0.1, 0.15) is 34.8 Å². The molecular formula is C120H71N15. The summed E-state index contributed by atoms with van der Waals surface area (Å²) in [6.45, 7) is 21.8. The molecule has 0 saturated heterocycles. The normalized spacial score (nSPS) is 11.2. The first-order valence-electron chi connectivity index (χ1n) is 44.0. The molecule has 24 rings (SSSR count). The molecule has 135 heavy (non-hydrogen) atoms. The van der Waals surface area contributed by atoms with E-state index >= 15 is 0 Å². The summed E-state index contributed by atoms with van der Waals surface area (Å²) in [7, 11) is 0. The molecule has 5 aromatic heterocycles. The third-order valence-electron chi connectivity index (χ3n) is 25.2. The molecule has 0 unspecified atom stereocenters. The molecule has 0 bridgehead atoms. The van der Waals surface area contributed by atoms with Gasteiger partial charge in [0, 0.05) is 72.1 Å². The van der Waals surface area contributed by atoms with E-state index < -0.39 is 0 Å². The van der Waals surface area contributed by atoms with Crippen molar-refractivity contribution in [2.24, 2.45) is 0 Å². The second kappa shape index (κ2) is 34.9. The number of nitrogens with zero attached hydrogens (tertiary/aromatic N) is 15. The summed E-state index contributed by atoms with van der Waals surface area (Å²) in [4.78, 5) is 35.3. The summed E-state index contributed by atoms with van der Waals surface area (Å²) in [6.07, 6.45) is 0.987. The molecule has 15 heteroatoms. The molecule has 0 N–H and O–H groups in total. The molecule has 1 aliphatic carbocycles. The average Bonchev–Trinajstić information content (AvgIpc) is 1.72. The van der Waals surface area contributed by atoms with Crippen molar-refractivity contribution in [1.29, 1.82) is 15.8 Å². The number of rotatable bonds is 13. The van der Waals surface area contributed by atoms with Crippen LogP contribution in [0.25, 0.3) is 180 Å². The Labute approximate surface area is 777 Å². The van der Waals surface area contributed by atoms with Crippen LogP contribution in [-0.4, -0.2) is 34.1 Å². The van der Waals surface area contributed by atoms with E-state index in [1.165, 1.54) is 150 Å². The predicted molar refractivity (Wildman–Crippen MR) is 545 cm³/mol. The molecule has 0 spiro atoms. The Balaban J connectivity index is 0.000000122. The van der Waals surface area contributed by atoms with Gasteiger partial charge in [-0.2, -0.15) is 15.8 Å². The lowest BCUT2D eigenvalue weighted by Crippen LogP contribution is -2.10. The topological polar surface area (TPSA) is 165 Å². The van der Waals surface area contributed by atoms with Gasteiger partial charge in [0.25, 0.3) is 5.82 Å². The van der Waals surface area contributed by atoms with Crippen LogP contribution in [0.5, 0.6) is 0 Å². The van der Waals surface area contributed by atoms with Crippen LogP contribution < -0.4 is 9.80 Å². The van der Waals surface area contributed by atoms with Crippen LogP contribution in [0.1, 0.15) is 28.2 Å². The molecule has 0 amide bonds. The molecule has 626 valence electrons. The van der Waals surface area contributed by atoms with Gasteiger partial charge in [0.05, 0.1) is 34.3 Å². The fourth-order valence-electron chi connectivity index (χ4n) is 18.9. The fourth-order valence-corrected chi connectivity index (χ4v) is 18.9.